The molecule has 0 saturated carbocycles. The molecule has 2 aliphatic heterocycles. The summed E-state index contributed by atoms with van der Waals surface area (Å²) >= 11 is 0. The highest BCUT2D eigenvalue weighted by molar-refractivity contribution is 5.11. The van der Waals surface area contributed by atoms with Crippen LogP contribution in [0.15, 0.2) is 6.20 Å². The lowest BCUT2D eigenvalue weighted by atomic mass is 10.0. The number of aryl methyl sites for hydroxylation is 1. The first-order valence-corrected chi connectivity index (χ1v) is 6.62. The highest BCUT2D eigenvalue weighted by atomic mass is 15.1. The first kappa shape index (κ1) is 10.3. The zero-order valence-corrected chi connectivity index (χ0v) is 10.1. The van der Waals surface area contributed by atoms with Crippen molar-refractivity contribution in [3.05, 3.63) is 17.7 Å². The van der Waals surface area contributed by atoms with Gasteiger partial charge in [-0.05, 0) is 31.7 Å². The summed E-state index contributed by atoms with van der Waals surface area (Å²) in [6.07, 6.45) is 8.67. The number of hydrogen-bond acceptors (Lipinski definition) is 2. The van der Waals surface area contributed by atoms with Crippen LogP contribution in [-0.2, 0) is 13.0 Å². The van der Waals surface area contributed by atoms with E-state index in [1.54, 1.807) is 0 Å². The predicted molar refractivity (Wildman–Crippen MR) is 64.3 cm³/mol. The van der Waals surface area contributed by atoms with E-state index in [1.165, 1.54) is 37.2 Å². The molecule has 1 aromatic rings. The number of aromatic nitrogens is 2. The summed E-state index contributed by atoms with van der Waals surface area (Å²) in [7, 11) is 0. The molecule has 3 heteroatoms. The van der Waals surface area contributed by atoms with E-state index in [0.29, 0.717) is 6.04 Å². The van der Waals surface area contributed by atoms with Crippen LogP contribution in [0.1, 0.15) is 50.2 Å². The SMILES string of the molecule is C[C@H]1CCc2nc([C@H]3CCCCN3)cn2C1. The second kappa shape index (κ2) is 4.21. The van der Waals surface area contributed by atoms with Gasteiger partial charge in [-0.25, -0.2) is 4.98 Å². The Kier molecular flexibility index (Phi) is 2.72. The molecule has 0 amide bonds. The van der Waals surface area contributed by atoms with Crippen LogP contribution in [0, 0.1) is 5.92 Å². The average molecular weight is 219 g/mol. The van der Waals surface area contributed by atoms with E-state index in [-0.39, 0.29) is 0 Å². The Morgan fingerprint density at radius 2 is 2.31 bits per heavy atom. The van der Waals surface area contributed by atoms with Crippen molar-refractivity contribution >= 4 is 0 Å². The summed E-state index contributed by atoms with van der Waals surface area (Å²) in [5, 5.41) is 3.58. The predicted octanol–water partition coefficient (Wildman–Crippen LogP) is 2.28. The molecule has 0 aliphatic carbocycles. The monoisotopic (exact) mass is 219 g/mol. The highest BCUT2D eigenvalue weighted by Crippen LogP contribution is 2.25. The smallest absolute Gasteiger partial charge is 0.109 e. The number of nitrogens with one attached hydrogen (secondary N) is 1. The third-order valence-corrected chi connectivity index (χ3v) is 3.91. The van der Waals surface area contributed by atoms with E-state index in [1.807, 2.05) is 0 Å². The van der Waals surface area contributed by atoms with Crippen molar-refractivity contribution in [1.82, 2.24) is 14.9 Å². The molecule has 88 valence electrons. The van der Waals surface area contributed by atoms with Crippen molar-refractivity contribution in [1.29, 1.82) is 0 Å². The van der Waals surface area contributed by atoms with Gasteiger partial charge in [0.25, 0.3) is 0 Å². The molecular weight excluding hydrogens is 198 g/mol. The Morgan fingerprint density at radius 1 is 1.38 bits per heavy atom. The molecule has 0 radical (unpaired) electrons. The van der Waals surface area contributed by atoms with Crippen LogP contribution in [0.2, 0.25) is 0 Å². The molecule has 1 aromatic heterocycles. The molecule has 3 nitrogen and oxygen atoms in total. The van der Waals surface area contributed by atoms with E-state index in [9.17, 15) is 0 Å². The zero-order valence-electron chi connectivity index (χ0n) is 10.1. The van der Waals surface area contributed by atoms with Gasteiger partial charge in [-0.1, -0.05) is 13.3 Å². The van der Waals surface area contributed by atoms with Crippen molar-refractivity contribution in [2.45, 2.75) is 51.6 Å². The third-order valence-electron chi connectivity index (χ3n) is 3.91. The van der Waals surface area contributed by atoms with Crippen molar-refractivity contribution in [3.8, 4) is 0 Å². The van der Waals surface area contributed by atoms with Crippen LogP contribution in [0.5, 0.6) is 0 Å². The average Bonchev–Trinajstić information content (AvgIpc) is 2.73. The number of piperidine rings is 1. The van der Waals surface area contributed by atoms with E-state index in [4.69, 9.17) is 4.98 Å². The lowest BCUT2D eigenvalue weighted by Gasteiger charge is -2.21. The Labute approximate surface area is 97.3 Å². The molecule has 0 unspecified atom stereocenters. The fraction of sp³-hybridized carbons (Fsp3) is 0.769. The molecule has 3 heterocycles. The molecule has 1 fully saturated rings. The lowest BCUT2D eigenvalue weighted by molar-refractivity contribution is 0.394. The summed E-state index contributed by atoms with van der Waals surface area (Å²) in [5.41, 5.74) is 1.28. The minimum atomic E-state index is 0.516. The van der Waals surface area contributed by atoms with Crippen molar-refractivity contribution in [2.75, 3.05) is 6.54 Å². The standard InChI is InChI=1S/C13H21N3/c1-10-5-6-13-15-12(9-16(13)8-10)11-4-2-3-7-14-11/h9-11,14H,2-8H2,1H3/t10-,11+/m0/s1. The van der Waals surface area contributed by atoms with Crippen molar-refractivity contribution in [2.24, 2.45) is 5.92 Å². The summed E-state index contributed by atoms with van der Waals surface area (Å²) in [4.78, 5) is 4.81. The first-order chi connectivity index (χ1) is 7.83. The van der Waals surface area contributed by atoms with E-state index in [2.05, 4.69) is 23.0 Å². The minimum absolute atomic E-state index is 0.516. The number of nitrogens with zero attached hydrogens (tertiary/aromatic N) is 2. The molecule has 0 aromatic carbocycles. The largest absolute Gasteiger partial charge is 0.334 e. The zero-order chi connectivity index (χ0) is 11.0. The summed E-state index contributed by atoms with van der Waals surface area (Å²) in [6, 6.07) is 0.516. The van der Waals surface area contributed by atoms with E-state index < -0.39 is 0 Å². The van der Waals surface area contributed by atoms with E-state index >= 15 is 0 Å². The number of imidazole rings is 1. The molecule has 0 spiro atoms. The Morgan fingerprint density at radius 3 is 3.12 bits per heavy atom. The van der Waals surface area contributed by atoms with Crippen molar-refractivity contribution < 1.29 is 0 Å². The third kappa shape index (κ3) is 1.88. The molecule has 2 atom stereocenters. The molecule has 16 heavy (non-hydrogen) atoms. The van der Waals surface area contributed by atoms with Crippen LogP contribution >= 0.6 is 0 Å². The van der Waals surface area contributed by atoms with Gasteiger partial charge in [0.05, 0.1) is 11.7 Å². The fourth-order valence-electron chi connectivity index (χ4n) is 2.91. The van der Waals surface area contributed by atoms with Crippen LogP contribution in [0.3, 0.4) is 0 Å². The van der Waals surface area contributed by atoms with Gasteiger partial charge in [-0.2, -0.15) is 0 Å². The van der Waals surface area contributed by atoms with Gasteiger partial charge >= 0.3 is 0 Å². The second-order valence-corrected chi connectivity index (χ2v) is 5.38. The Hall–Kier alpha value is -0.830. The lowest BCUT2D eigenvalue weighted by Crippen LogP contribution is -2.27. The molecule has 3 rings (SSSR count). The molecule has 0 bridgehead atoms. The maximum atomic E-state index is 4.81. The second-order valence-electron chi connectivity index (χ2n) is 5.38. The maximum absolute atomic E-state index is 4.81. The van der Waals surface area contributed by atoms with Gasteiger partial charge in [0.15, 0.2) is 0 Å². The first-order valence-electron chi connectivity index (χ1n) is 6.62. The molecule has 1 saturated heterocycles. The Balaban J connectivity index is 1.80. The molecular formula is C13H21N3. The van der Waals surface area contributed by atoms with Gasteiger partial charge in [0.1, 0.15) is 5.82 Å². The fourth-order valence-corrected chi connectivity index (χ4v) is 2.91. The topological polar surface area (TPSA) is 29.9 Å². The number of fused-ring (bicyclic) bond motifs is 1. The van der Waals surface area contributed by atoms with Gasteiger partial charge in [-0.15, -0.1) is 0 Å². The van der Waals surface area contributed by atoms with Crippen LogP contribution in [-0.4, -0.2) is 16.1 Å². The summed E-state index contributed by atoms with van der Waals surface area (Å²) in [6.45, 7) is 4.65. The maximum Gasteiger partial charge on any atom is 0.109 e. The number of rotatable bonds is 1. The molecule has 1 N–H and O–H groups in total. The Bertz CT molecular complexity index is 363. The summed E-state index contributed by atoms with van der Waals surface area (Å²) in [5.74, 6) is 2.12. The van der Waals surface area contributed by atoms with Gasteiger partial charge < -0.3 is 9.88 Å². The van der Waals surface area contributed by atoms with Crippen molar-refractivity contribution in [3.63, 3.8) is 0 Å². The molecule has 2 aliphatic rings. The normalized spacial score (nSPS) is 30.1. The van der Waals surface area contributed by atoms with Crippen LogP contribution in [0.4, 0.5) is 0 Å². The van der Waals surface area contributed by atoms with Gasteiger partial charge in [0.2, 0.25) is 0 Å². The van der Waals surface area contributed by atoms with Crippen LogP contribution < -0.4 is 5.32 Å². The summed E-state index contributed by atoms with van der Waals surface area (Å²) < 4.78 is 2.37. The van der Waals surface area contributed by atoms with Gasteiger partial charge in [0, 0.05) is 19.2 Å². The van der Waals surface area contributed by atoms with Crippen LogP contribution in [0.25, 0.3) is 0 Å². The number of hydrogen-bond donors (Lipinski definition) is 1. The van der Waals surface area contributed by atoms with E-state index in [0.717, 1.165) is 25.4 Å². The quantitative estimate of drug-likeness (QED) is 0.785. The minimum Gasteiger partial charge on any atom is -0.334 e. The van der Waals surface area contributed by atoms with Gasteiger partial charge in [-0.3, -0.25) is 0 Å². The highest BCUT2D eigenvalue weighted by Gasteiger charge is 2.22.